The molecule has 0 fully saturated rings. The minimum absolute atomic E-state index is 0.0109. The SMILES string of the molecule is CCOC(=O)c1c(C)[nH]c(CCC(=O)NCc2ccc(SC)cc2)c1C. The van der Waals surface area contributed by atoms with Crippen LogP contribution in [0.15, 0.2) is 29.2 Å². The van der Waals surface area contributed by atoms with E-state index >= 15 is 0 Å². The maximum atomic E-state index is 12.1. The largest absolute Gasteiger partial charge is 0.462 e. The van der Waals surface area contributed by atoms with Crippen molar-refractivity contribution in [2.45, 2.75) is 45.1 Å². The first-order valence-electron chi connectivity index (χ1n) is 8.71. The van der Waals surface area contributed by atoms with Gasteiger partial charge >= 0.3 is 5.97 Å². The fraction of sp³-hybridized carbons (Fsp3) is 0.400. The number of hydrogen-bond acceptors (Lipinski definition) is 4. The molecule has 0 aliphatic carbocycles. The molecule has 6 heteroatoms. The van der Waals surface area contributed by atoms with E-state index in [0.29, 0.717) is 31.6 Å². The number of amides is 1. The van der Waals surface area contributed by atoms with Gasteiger partial charge in [-0.25, -0.2) is 4.79 Å². The summed E-state index contributed by atoms with van der Waals surface area (Å²) in [5, 5.41) is 2.94. The Hall–Kier alpha value is -2.21. The molecule has 0 aliphatic heterocycles. The van der Waals surface area contributed by atoms with Crippen molar-refractivity contribution < 1.29 is 14.3 Å². The predicted molar refractivity (Wildman–Crippen MR) is 105 cm³/mol. The summed E-state index contributed by atoms with van der Waals surface area (Å²) in [6, 6.07) is 8.15. The molecule has 1 aromatic carbocycles. The molecule has 1 amide bonds. The van der Waals surface area contributed by atoms with Gasteiger partial charge in [0, 0.05) is 29.2 Å². The summed E-state index contributed by atoms with van der Waals surface area (Å²) in [6.45, 7) is 6.38. The molecular weight excluding hydrogens is 348 g/mol. The monoisotopic (exact) mass is 374 g/mol. The third-order valence-corrected chi connectivity index (χ3v) is 5.01. The highest BCUT2D eigenvalue weighted by Gasteiger charge is 2.19. The minimum atomic E-state index is -0.317. The van der Waals surface area contributed by atoms with Crippen LogP contribution in [0.4, 0.5) is 0 Å². The summed E-state index contributed by atoms with van der Waals surface area (Å²) in [5.41, 5.74) is 4.21. The molecule has 0 radical (unpaired) electrons. The van der Waals surface area contributed by atoms with Crippen molar-refractivity contribution >= 4 is 23.6 Å². The number of ether oxygens (including phenoxy) is 1. The Labute approximate surface area is 158 Å². The summed E-state index contributed by atoms with van der Waals surface area (Å²) in [5.74, 6) is -0.327. The zero-order chi connectivity index (χ0) is 19.1. The van der Waals surface area contributed by atoms with Gasteiger partial charge in [-0.05, 0) is 56.7 Å². The van der Waals surface area contributed by atoms with Crippen molar-refractivity contribution in [2.24, 2.45) is 0 Å². The molecule has 0 spiro atoms. The molecule has 140 valence electrons. The molecule has 0 atom stereocenters. The average Bonchev–Trinajstić information content (AvgIpc) is 2.92. The number of aromatic nitrogens is 1. The summed E-state index contributed by atoms with van der Waals surface area (Å²) < 4.78 is 5.09. The third-order valence-electron chi connectivity index (χ3n) is 4.27. The molecule has 26 heavy (non-hydrogen) atoms. The zero-order valence-electron chi connectivity index (χ0n) is 15.8. The number of thioether (sulfide) groups is 1. The predicted octanol–water partition coefficient (Wildman–Crippen LogP) is 3.78. The summed E-state index contributed by atoms with van der Waals surface area (Å²) in [4.78, 5) is 28.6. The van der Waals surface area contributed by atoms with Gasteiger partial charge in [-0.1, -0.05) is 12.1 Å². The van der Waals surface area contributed by atoms with E-state index < -0.39 is 0 Å². The molecule has 0 saturated carbocycles. The lowest BCUT2D eigenvalue weighted by molar-refractivity contribution is -0.121. The quantitative estimate of drug-likeness (QED) is 0.545. The van der Waals surface area contributed by atoms with Crippen molar-refractivity contribution in [3.63, 3.8) is 0 Å². The number of aromatic amines is 1. The van der Waals surface area contributed by atoms with Gasteiger partial charge in [0.2, 0.25) is 5.91 Å². The Bertz CT molecular complexity index is 766. The van der Waals surface area contributed by atoms with Crippen LogP contribution in [-0.4, -0.2) is 29.7 Å². The van der Waals surface area contributed by atoms with E-state index in [9.17, 15) is 9.59 Å². The summed E-state index contributed by atoms with van der Waals surface area (Å²) in [6.07, 6.45) is 2.96. The molecule has 2 rings (SSSR count). The topological polar surface area (TPSA) is 71.2 Å². The van der Waals surface area contributed by atoms with Crippen LogP contribution < -0.4 is 5.32 Å². The Morgan fingerprint density at radius 3 is 2.50 bits per heavy atom. The van der Waals surface area contributed by atoms with E-state index in [1.165, 1.54) is 4.90 Å². The van der Waals surface area contributed by atoms with E-state index in [-0.39, 0.29) is 11.9 Å². The lowest BCUT2D eigenvalue weighted by Gasteiger charge is -2.06. The highest BCUT2D eigenvalue weighted by molar-refractivity contribution is 7.98. The van der Waals surface area contributed by atoms with Crippen molar-refractivity contribution in [2.75, 3.05) is 12.9 Å². The van der Waals surface area contributed by atoms with E-state index in [2.05, 4.69) is 10.3 Å². The number of aryl methyl sites for hydroxylation is 2. The summed E-state index contributed by atoms with van der Waals surface area (Å²) >= 11 is 1.69. The van der Waals surface area contributed by atoms with Crippen molar-refractivity contribution in [3.8, 4) is 0 Å². The van der Waals surface area contributed by atoms with Crippen molar-refractivity contribution in [1.82, 2.24) is 10.3 Å². The standard InChI is InChI=1S/C20H26N2O3S/c1-5-25-20(24)19-13(2)17(22-14(19)3)10-11-18(23)21-12-15-6-8-16(26-4)9-7-15/h6-9,22H,5,10-12H2,1-4H3,(H,21,23). The van der Waals surface area contributed by atoms with Crippen LogP contribution >= 0.6 is 11.8 Å². The average molecular weight is 375 g/mol. The second-order valence-electron chi connectivity index (χ2n) is 6.07. The van der Waals surface area contributed by atoms with Crippen LogP contribution in [0.2, 0.25) is 0 Å². The lowest BCUT2D eigenvalue weighted by atomic mass is 10.1. The van der Waals surface area contributed by atoms with Crippen LogP contribution in [0.5, 0.6) is 0 Å². The van der Waals surface area contributed by atoms with Gasteiger partial charge in [0.05, 0.1) is 12.2 Å². The van der Waals surface area contributed by atoms with Gasteiger partial charge in [-0.3, -0.25) is 4.79 Å². The maximum absolute atomic E-state index is 12.1. The number of esters is 1. The first kappa shape index (κ1) is 20.1. The third kappa shape index (κ3) is 5.14. The van der Waals surface area contributed by atoms with Crippen LogP contribution in [0.1, 0.15) is 46.2 Å². The van der Waals surface area contributed by atoms with E-state index in [1.807, 2.05) is 44.4 Å². The number of carbonyl (C=O) groups excluding carboxylic acids is 2. The second kappa shape index (κ2) is 9.48. The Kier molecular flexibility index (Phi) is 7.33. The van der Waals surface area contributed by atoms with Crippen LogP contribution in [0, 0.1) is 13.8 Å². The van der Waals surface area contributed by atoms with E-state index in [4.69, 9.17) is 4.74 Å². The zero-order valence-corrected chi connectivity index (χ0v) is 16.6. The van der Waals surface area contributed by atoms with Gasteiger partial charge in [0.25, 0.3) is 0 Å². The molecule has 2 aromatic rings. The molecule has 1 heterocycles. The highest BCUT2D eigenvalue weighted by atomic mass is 32.2. The minimum Gasteiger partial charge on any atom is -0.462 e. The Balaban J connectivity index is 1.88. The van der Waals surface area contributed by atoms with Gasteiger partial charge in [0.1, 0.15) is 0 Å². The van der Waals surface area contributed by atoms with E-state index in [1.54, 1.807) is 18.7 Å². The summed E-state index contributed by atoms with van der Waals surface area (Å²) in [7, 11) is 0. The fourth-order valence-electron chi connectivity index (χ4n) is 2.85. The van der Waals surface area contributed by atoms with Crippen LogP contribution in [0.25, 0.3) is 0 Å². The van der Waals surface area contributed by atoms with Crippen molar-refractivity contribution in [1.29, 1.82) is 0 Å². The number of carbonyl (C=O) groups is 2. The van der Waals surface area contributed by atoms with Gasteiger partial charge in [0.15, 0.2) is 0 Å². The molecule has 0 saturated heterocycles. The van der Waals surface area contributed by atoms with Crippen molar-refractivity contribution in [3.05, 3.63) is 52.3 Å². The smallest absolute Gasteiger partial charge is 0.340 e. The number of hydrogen-bond donors (Lipinski definition) is 2. The first-order chi connectivity index (χ1) is 12.5. The second-order valence-corrected chi connectivity index (χ2v) is 6.95. The van der Waals surface area contributed by atoms with Gasteiger partial charge in [-0.2, -0.15) is 0 Å². The normalized spacial score (nSPS) is 10.6. The lowest BCUT2D eigenvalue weighted by Crippen LogP contribution is -2.23. The first-order valence-corrected chi connectivity index (χ1v) is 9.93. The molecule has 0 unspecified atom stereocenters. The molecule has 0 bridgehead atoms. The molecule has 0 aliphatic rings. The highest BCUT2D eigenvalue weighted by Crippen LogP contribution is 2.20. The molecule has 5 nitrogen and oxygen atoms in total. The maximum Gasteiger partial charge on any atom is 0.340 e. The number of nitrogens with one attached hydrogen (secondary N) is 2. The molecule has 1 aromatic heterocycles. The van der Waals surface area contributed by atoms with Crippen LogP contribution in [-0.2, 0) is 22.5 Å². The van der Waals surface area contributed by atoms with E-state index in [0.717, 1.165) is 22.5 Å². The Morgan fingerprint density at radius 1 is 1.19 bits per heavy atom. The molecular formula is C20H26N2O3S. The fourth-order valence-corrected chi connectivity index (χ4v) is 3.25. The number of H-pyrrole nitrogens is 1. The number of benzene rings is 1. The molecule has 2 N–H and O–H groups in total. The Morgan fingerprint density at radius 2 is 1.88 bits per heavy atom. The van der Waals surface area contributed by atoms with Gasteiger partial charge in [-0.15, -0.1) is 11.8 Å². The van der Waals surface area contributed by atoms with Gasteiger partial charge < -0.3 is 15.0 Å². The van der Waals surface area contributed by atoms with Crippen LogP contribution in [0.3, 0.4) is 0 Å². The number of rotatable bonds is 8.